The van der Waals surface area contributed by atoms with E-state index in [1.165, 1.54) is 25.7 Å². The first-order chi connectivity index (χ1) is 6.41. The van der Waals surface area contributed by atoms with E-state index < -0.39 is 0 Å². The molecule has 0 radical (unpaired) electrons. The van der Waals surface area contributed by atoms with Crippen LogP contribution in [0.2, 0.25) is 0 Å². The summed E-state index contributed by atoms with van der Waals surface area (Å²) < 4.78 is 10.8. The van der Waals surface area contributed by atoms with Crippen molar-refractivity contribution in [1.82, 2.24) is 0 Å². The molecule has 0 saturated carbocycles. The number of unbranched alkanes of at least 4 members (excludes halogenated alkanes) is 2. The van der Waals surface area contributed by atoms with E-state index in [-0.39, 0.29) is 0 Å². The molecule has 0 saturated heterocycles. The van der Waals surface area contributed by atoms with Crippen molar-refractivity contribution in [3.05, 3.63) is 0 Å². The average Bonchev–Trinajstić information content (AvgIpc) is 2.16. The first-order valence-corrected chi connectivity index (χ1v) is 6.63. The molecule has 0 rings (SSSR count). The molecule has 0 spiro atoms. The zero-order valence-corrected chi connectivity index (χ0v) is 9.93. The van der Waals surface area contributed by atoms with Crippen LogP contribution >= 0.6 is 0 Å². The molecule has 0 aromatic rings. The van der Waals surface area contributed by atoms with Crippen LogP contribution in [0.25, 0.3) is 0 Å². The van der Waals surface area contributed by atoms with Gasteiger partial charge in [-0.25, -0.2) is 0 Å². The molecule has 0 N–H and O–H groups in total. The second-order valence-electron chi connectivity index (χ2n) is 2.90. The third-order valence-corrected chi connectivity index (χ3v) is 2.47. The standard InChI is InChI=1S/2C5H11O.Fe/c2*1-3-4-5-6-2;/h2*2-5H2,1H3;. The fourth-order valence-corrected chi connectivity index (χ4v) is 1.46. The van der Waals surface area contributed by atoms with Gasteiger partial charge in [0, 0.05) is 0 Å². The molecule has 3 heteroatoms. The molecule has 2 nitrogen and oxygen atoms in total. The Hall–Kier alpha value is 0.439. The van der Waals surface area contributed by atoms with Crippen LogP contribution in [0.5, 0.6) is 0 Å². The van der Waals surface area contributed by atoms with Crippen LogP contribution < -0.4 is 0 Å². The quantitative estimate of drug-likeness (QED) is 0.424. The summed E-state index contributed by atoms with van der Waals surface area (Å²) in [6.45, 7) is 6.17. The molecule has 82 valence electrons. The van der Waals surface area contributed by atoms with Gasteiger partial charge in [0.15, 0.2) is 0 Å². The molecule has 13 heavy (non-hydrogen) atoms. The Bertz CT molecular complexity index is 79.0. The topological polar surface area (TPSA) is 18.5 Å². The van der Waals surface area contributed by atoms with E-state index in [9.17, 15) is 0 Å². The van der Waals surface area contributed by atoms with Crippen molar-refractivity contribution < 1.29 is 24.4 Å². The summed E-state index contributed by atoms with van der Waals surface area (Å²) in [5.74, 6) is 0. The summed E-state index contributed by atoms with van der Waals surface area (Å²) in [4.78, 5) is 0. The van der Waals surface area contributed by atoms with Gasteiger partial charge in [-0.15, -0.1) is 0 Å². The molecular formula is C10H22FeO2. The van der Waals surface area contributed by atoms with Gasteiger partial charge in [0.05, 0.1) is 0 Å². The fourth-order valence-electron chi connectivity index (χ4n) is 0.726. The third kappa shape index (κ3) is 12.4. The van der Waals surface area contributed by atoms with Crippen molar-refractivity contribution in [3.63, 3.8) is 0 Å². The summed E-state index contributed by atoms with van der Waals surface area (Å²) in [5, 5.41) is 0. The maximum absolute atomic E-state index is 5.40. The van der Waals surface area contributed by atoms with Gasteiger partial charge >= 0.3 is 88.2 Å². The van der Waals surface area contributed by atoms with Crippen molar-refractivity contribution >= 4 is 0 Å². The van der Waals surface area contributed by atoms with Crippen LogP contribution in [-0.2, 0) is 24.4 Å². The monoisotopic (exact) mass is 230 g/mol. The minimum absolute atomic E-state index is 0.853. The summed E-state index contributed by atoms with van der Waals surface area (Å²) in [5.41, 5.74) is 1.71. The average molecular weight is 230 g/mol. The second kappa shape index (κ2) is 12.4. The van der Waals surface area contributed by atoms with Crippen molar-refractivity contribution in [3.8, 4) is 0 Å². The predicted octanol–water partition coefficient (Wildman–Crippen LogP) is 2.62. The van der Waals surface area contributed by atoms with Crippen molar-refractivity contribution in [1.29, 1.82) is 0 Å². The van der Waals surface area contributed by atoms with Crippen LogP contribution in [0.3, 0.4) is 0 Å². The fraction of sp³-hybridized carbons (Fsp3) is 1.00. The van der Waals surface area contributed by atoms with Crippen LogP contribution in [0, 0.1) is 0 Å². The van der Waals surface area contributed by atoms with E-state index in [1.807, 2.05) is 0 Å². The zero-order chi connectivity index (χ0) is 9.78. The van der Waals surface area contributed by atoms with Crippen molar-refractivity contribution in [2.75, 3.05) is 24.2 Å². The molecule has 0 fully saturated rings. The Labute approximate surface area is 88.5 Å². The van der Waals surface area contributed by atoms with E-state index in [0.29, 0.717) is 0 Å². The van der Waals surface area contributed by atoms with Crippen molar-refractivity contribution in [2.45, 2.75) is 39.5 Å². The maximum atomic E-state index is 5.40. The van der Waals surface area contributed by atoms with E-state index in [1.54, 1.807) is 0 Å². The van der Waals surface area contributed by atoms with Gasteiger partial charge in [-0.05, 0) is 0 Å². The Morgan fingerprint density at radius 1 is 0.846 bits per heavy atom. The van der Waals surface area contributed by atoms with Gasteiger partial charge in [-0.3, -0.25) is 0 Å². The van der Waals surface area contributed by atoms with E-state index in [4.69, 9.17) is 9.47 Å². The first-order valence-electron chi connectivity index (χ1n) is 5.07. The first kappa shape index (κ1) is 13.4. The van der Waals surface area contributed by atoms with E-state index >= 15 is 0 Å². The molecule has 0 aliphatic carbocycles. The van der Waals surface area contributed by atoms with Gasteiger partial charge in [0.25, 0.3) is 0 Å². The molecule has 0 unspecified atom stereocenters. The SMILES string of the molecule is CCCCO[CH2][Fe][CH2]OCCCC. The predicted molar refractivity (Wildman–Crippen MR) is 51.5 cm³/mol. The van der Waals surface area contributed by atoms with Crippen LogP contribution in [-0.4, -0.2) is 24.2 Å². The molecular weight excluding hydrogens is 208 g/mol. The van der Waals surface area contributed by atoms with E-state index in [0.717, 1.165) is 39.2 Å². The molecule has 0 aromatic heterocycles. The normalized spacial score (nSPS) is 10.9. The zero-order valence-electron chi connectivity index (χ0n) is 8.83. The Morgan fingerprint density at radius 2 is 1.31 bits per heavy atom. The Balaban J connectivity index is 2.76. The number of rotatable bonds is 10. The molecule has 0 bridgehead atoms. The van der Waals surface area contributed by atoms with Gasteiger partial charge in [0.2, 0.25) is 0 Å². The van der Waals surface area contributed by atoms with E-state index in [2.05, 4.69) is 13.8 Å². The number of ether oxygens (including phenoxy) is 2. The Morgan fingerprint density at radius 3 is 1.69 bits per heavy atom. The number of hydrogen-bond donors (Lipinski definition) is 0. The second-order valence-corrected chi connectivity index (χ2v) is 4.09. The molecule has 0 aliphatic rings. The summed E-state index contributed by atoms with van der Waals surface area (Å²) in [7, 11) is 0. The van der Waals surface area contributed by atoms with Gasteiger partial charge in [-0.1, -0.05) is 0 Å². The summed E-state index contributed by atoms with van der Waals surface area (Å²) in [6, 6.07) is 0. The third-order valence-electron chi connectivity index (χ3n) is 1.57. The Kier molecular flexibility index (Phi) is 12.9. The van der Waals surface area contributed by atoms with Crippen LogP contribution in [0.4, 0.5) is 0 Å². The van der Waals surface area contributed by atoms with Gasteiger partial charge in [-0.2, -0.15) is 0 Å². The summed E-state index contributed by atoms with van der Waals surface area (Å²) in [6.07, 6.45) is 4.79. The number of hydrogen-bond acceptors (Lipinski definition) is 2. The van der Waals surface area contributed by atoms with Crippen LogP contribution in [0.1, 0.15) is 39.5 Å². The molecule has 0 amide bonds. The van der Waals surface area contributed by atoms with Gasteiger partial charge in [0.1, 0.15) is 0 Å². The van der Waals surface area contributed by atoms with Gasteiger partial charge < -0.3 is 0 Å². The molecule has 0 atom stereocenters. The van der Waals surface area contributed by atoms with Crippen LogP contribution in [0.15, 0.2) is 0 Å². The summed E-state index contributed by atoms with van der Waals surface area (Å²) >= 11 is 1.04. The molecule has 0 aliphatic heterocycles. The minimum atomic E-state index is 0.853. The van der Waals surface area contributed by atoms with Crippen molar-refractivity contribution in [2.24, 2.45) is 0 Å². The molecule has 0 heterocycles. The molecule has 0 aromatic carbocycles.